The summed E-state index contributed by atoms with van der Waals surface area (Å²) in [5, 5.41) is 4.27. The molecule has 25 heavy (non-hydrogen) atoms. The summed E-state index contributed by atoms with van der Waals surface area (Å²) in [4.78, 5) is 6.75. The van der Waals surface area contributed by atoms with Gasteiger partial charge in [0.2, 0.25) is 10.0 Å². The van der Waals surface area contributed by atoms with Gasteiger partial charge < -0.3 is 0 Å². The largest absolute Gasteiger partial charge is 0.290 e. The molecule has 1 aliphatic carbocycles. The van der Waals surface area contributed by atoms with Crippen LogP contribution in [0.3, 0.4) is 0 Å². The Hall–Kier alpha value is -1.77. The molecular weight excluding hydrogens is 338 g/mol. The summed E-state index contributed by atoms with van der Waals surface area (Å²) in [6.45, 7) is 2.92. The molecule has 1 atom stereocenters. The molecule has 0 saturated heterocycles. The van der Waals surface area contributed by atoms with E-state index in [2.05, 4.69) is 19.7 Å². The second kappa shape index (κ2) is 6.86. The van der Waals surface area contributed by atoms with Crippen LogP contribution in [-0.4, -0.2) is 46.4 Å². The van der Waals surface area contributed by atoms with Gasteiger partial charge in [-0.25, -0.2) is 13.1 Å². The number of hydrogen-bond acceptors (Lipinski definition) is 5. The lowest BCUT2D eigenvalue weighted by molar-refractivity contribution is 0.160. The first kappa shape index (κ1) is 16.7. The van der Waals surface area contributed by atoms with Crippen LogP contribution in [0.25, 0.3) is 0 Å². The quantitative estimate of drug-likeness (QED) is 0.804. The molecule has 3 heterocycles. The average molecular weight is 361 g/mol. The molecule has 0 aromatic carbocycles. The van der Waals surface area contributed by atoms with Crippen LogP contribution in [0.15, 0.2) is 36.7 Å². The van der Waals surface area contributed by atoms with E-state index in [4.69, 9.17) is 0 Å². The Balaban J connectivity index is 1.40. The molecule has 4 rings (SSSR count). The molecule has 0 spiro atoms. The second-order valence-corrected chi connectivity index (χ2v) is 8.88. The second-order valence-electron chi connectivity index (χ2n) is 6.84. The standard InChI is InChI=1S/C17H23N5O2S/c23-25(24,17-4-5-17)20-10-7-16-13-21(11-14-3-1-2-8-18-14)12-15-6-9-19-22(15)16/h1-3,6,8-9,16-17,20H,4-5,7,10-13H2/t16-/m1/s1. The van der Waals surface area contributed by atoms with Gasteiger partial charge in [0.1, 0.15) is 0 Å². The maximum absolute atomic E-state index is 12.0. The van der Waals surface area contributed by atoms with Crippen LogP contribution in [-0.2, 0) is 23.1 Å². The SMILES string of the molecule is O=S(=O)(NCC[C@@H]1CN(Cc2ccccn2)Cc2ccnn21)C1CC1. The number of rotatable bonds is 7. The van der Waals surface area contributed by atoms with Crippen molar-refractivity contribution in [2.24, 2.45) is 0 Å². The number of fused-ring (bicyclic) bond motifs is 1. The molecule has 2 aliphatic rings. The summed E-state index contributed by atoms with van der Waals surface area (Å²) in [7, 11) is -3.12. The third kappa shape index (κ3) is 3.91. The van der Waals surface area contributed by atoms with E-state index in [-0.39, 0.29) is 11.3 Å². The maximum atomic E-state index is 12.0. The number of sulfonamides is 1. The molecule has 1 N–H and O–H groups in total. The van der Waals surface area contributed by atoms with Crippen molar-refractivity contribution >= 4 is 10.0 Å². The highest BCUT2D eigenvalue weighted by atomic mass is 32.2. The van der Waals surface area contributed by atoms with Crippen molar-refractivity contribution in [2.75, 3.05) is 13.1 Å². The van der Waals surface area contributed by atoms with Crippen LogP contribution < -0.4 is 4.72 Å². The molecule has 2 aromatic heterocycles. The third-order valence-electron chi connectivity index (χ3n) is 4.81. The molecule has 1 saturated carbocycles. The van der Waals surface area contributed by atoms with Crippen LogP contribution in [0.1, 0.15) is 36.7 Å². The van der Waals surface area contributed by atoms with Crippen LogP contribution >= 0.6 is 0 Å². The van der Waals surface area contributed by atoms with Gasteiger partial charge in [-0.05, 0) is 37.5 Å². The Bertz CT molecular complexity index is 817. The van der Waals surface area contributed by atoms with Crippen molar-refractivity contribution in [2.45, 2.75) is 43.6 Å². The van der Waals surface area contributed by atoms with E-state index >= 15 is 0 Å². The van der Waals surface area contributed by atoms with Crippen LogP contribution in [0.4, 0.5) is 0 Å². The summed E-state index contributed by atoms with van der Waals surface area (Å²) in [5.74, 6) is 0. The van der Waals surface area contributed by atoms with Gasteiger partial charge in [0.15, 0.2) is 0 Å². The van der Waals surface area contributed by atoms with E-state index in [0.717, 1.165) is 50.3 Å². The number of nitrogens with zero attached hydrogens (tertiary/aromatic N) is 4. The third-order valence-corrected chi connectivity index (χ3v) is 6.76. The van der Waals surface area contributed by atoms with Gasteiger partial charge in [0.05, 0.1) is 22.7 Å². The highest BCUT2D eigenvalue weighted by Gasteiger charge is 2.35. The van der Waals surface area contributed by atoms with Gasteiger partial charge in [-0.15, -0.1) is 0 Å². The molecular formula is C17H23N5O2S. The summed E-state index contributed by atoms with van der Waals surface area (Å²) >= 11 is 0. The van der Waals surface area contributed by atoms with Crippen molar-refractivity contribution in [1.29, 1.82) is 0 Å². The number of pyridine rings is 1. The lowest BCUT2D eigenvalue weighted by Crippen LogP contribution is -2.39. The van der Waals surface area contributed by atoms with Crippen molar-refractivity contribution in [3.05, 3.63) is 48.0 Å². The maximum Gasteiger partial charge on any atom is 0.214 e. The molecule has 8 heteroatoms. The van der Waals surface area contributed by atoms with E-state index in [1.807, 2.05) is 41.3 Å². The van der Waals surface area contributed by atoms with Crippen LogP contribution in [0.5, 0.6) is 0 Å². The van der Waals surface area contributed by atoms with E-state index in [1.54, 1.807) is 0 Å². The summed E-state index contributed by atoms with van der Waals surface area (Å²) in [6, 6.07) is 8.16. The van der Waals surface area contributed by atoms with E-state index in [9.17, 15) is 8.42 Å². The minimum atomic E-state index is -3.12. The molecule has 0 unspecified atom stereocenters. The first-order valence-electron chi connectivity index (χ1n) is 8.75. The Kier molecular flexibility index (Phi) is 4.58. The molecule has 7 nitrogen and oxygen atoms in total. The first-order chi connectivity index (χ1) is 12.1. The lowest BCUT2D eigenvalue weighted by atomic mass is 10.1. The van der Waals surface area contributed by atoms with Gasteiger partial charge in [-0.3, -0.25) is 14.6 Å². The van der Waals surface area contributed by atoms with Gasteiger partial charge in [-0.1, -0.05) is 6.07 Å². The van der Waals surface area contributed by atoms with Crippen molar-refractivity contribution < 1.29 is 8.42 Å². The predicted octanol–water partition coefficient (Wildman–Crippen LogP) is 1.31. The number of nitrogens with one attached hydrogen (secondary N) is 1. The van der Waals surface area contributed by atoms with Crippen molar-refractivity contribution in [3.63, 3.8) is 0 Å². The molecule has 0 bridgehead atoms. The summed E-state index contributed by atoms with van der Waals surface area (Å²) < 4.78 is 28.8. The molecule has 2 aromatic rings. The molecule has 134 valence electrons. The van der Waals surface area contributed by atoms with Gasteiger partial charge in [0.25, 0.3) is 0 Å². The fourth-order valence-corrected chi connectivity index (χ4v) is 4.78. The number of aromatic nitrogens is 3. The lowest BCUT2D eigenvalue weighted by Gasteiger charge is -2.33. The highest BCUT2D eigenvalue weighted by molar-refractivity contribution is 7.90. The van der Waals surface area contributed by atoms with Gasteiger partial charge in [0, 0.05) is 38.6 Å². The number of hydrogen-bond donors (Lipinski definition) is 1. The highest BCUT2D eigenvalue weighted by Crippen LogP contribution is 2.28. The monoisotopic (exact) mass is 361 g/mol. The van der Waals surface area contributed by atoms with Gasteiger partial charge in [-0.2, -0.15) is 5.10 Å². The minimum Gasteiger partial charge on any atom is -0.290 e. The first-order valence-corrected chi connectivity index (χ1v) is 10.3. The van der Waals surface area contributed by atoms with E-state index in [1.165, 1.54) is 0 Å². The van der Waals surface area contributed by atoms with Crippen LogP contribution in [0, 0.1) is 0 Å². The predicted molar refractivity (Wildman–Crippen MR) is 94.2 cm³/mol. The fourth-order valence-electron chi connectivity index (χ4n) is 3.38. The van der Waals surface area contributed by atoms with E-state index in [0.29, 0.717) is 6.54 Å². The zero-order valence-electron chi connectivity index (χ0n) is 14.1. The molecule has 1 aliphatic heterocycles. The molecule has 1 fully saturated rings. The average Bonchev–Trinajstić information content (AvgIpc) is 3.35. The summed E-state index contributed by atoms with van der Waals surface area (Å²) in [6.07, 6.45) is 5.95. The normalized spacial score (nSPS) is 21.2. The Labute approximate surface area is 148 Å². The Morgan fingerprint density at radius 1 is 1.20 bits per heavy atom. The van der Waals surface area contributed by atoms with Crippen LogP contribution in [0.2, 0.25) is 0 Å². The minimum absolute atomic E-state index is 0.167. The summed E-state index contributed by atoms with van der Waals surface area (Å²) in [5.41, 5.74) is 2.21. The Morgan fingerprint density at radius 3 is 2.84 bits per heavy atom. The molecule has 0 amide bonds. The topological polar surface area (TPSA) is 80.1 Å². The zero-order valence-corrected chi connectivity index (χ0v) is 14.9. The zero-order chi connectivity index (χ0) is 17.3. The van der Waals surface area contributed by atoms with Crippen molar-refractivity contribution in [1.82, 2.24) is 24.4 Å². The van der Waals surface area contributed by atoms with Gasteiger partial charge >= 0.3 is 0 Å². The van der Waals surface area contributed by atoms with E-state index < -0.39 is 10.0 Å². The Morgan fingerprint density at radius 2 is 2.08 bits per heavy atom. The fraction of sp³-hybridized carbons (Fsp3) is 0.529. The smallest absolute Gasteiger partial charge is 0.214 e. The molecule has 0 radical (unpaired) electrons. The van der Waals surface area contributed by atoms with Crippen molar-refractivity contribution in [3.8, 4) is 0 Å².